The zero-order valence-corrected chi connectivity index (χ0v) is 19.3. The lowest BCUT2D eigenvalue weighted by molar-refractivity contribution is -0.126. The molecule has 178 valence electrons. The van der Waals surface area contributed by atoms with Crippen molar-refractivity contribution in [2.45, 2.75) is 31.7 Å². The van der Waals surface area contributed by atoms with Crippen molar-refractivity contribution in [3.63, 3.8) is 0 Å². The summed E-state index contributed by atoms with van der Waals surface area (Å²) >= 11 is 0. The van der Waals surface area contributed by atoms with Crippen molar-refractivity contribution in [1.82, 2.24) is 20.4 Å². The minimum absolute atomic E-state index is 0.146. The standard InChI is InChI=1S/C25H28N4O5/c1-32-18-9-10-22(33-2)19(15-18)23-16-20(28-34-23)25(31)29-14-6-4-8-21(29)24(30)27-13-11-17-7-3-5-12-26-17/h3,5,7,9-10,12,15-16,21H,4,6,8,11,13-14H2,1-2H3,(H,27,30)/t21-/m1/s1. The summed E-state index contributed by atoms with van der Waals surface area (Å²) in [6, 6.07) is 12.0. The summed E-state index contributed by atoms with van der Waals surface area (Å²) in [5.41, 5.74) is 1.67. The number of benzene rings is 1. The van der Waals surface area contributed by atoms with Gasteiger partial charge in [-0.05, 0) is 49.6 Å². The van der Waals surface area contributed by atoms with Crippen LogP contribution in [0.3, 0.4) is 0 Å². The maximum Gasteiger partial charge on any atom is 0.276 e. The Balaban J connectivity index is 1.46. The minimum atomic E-state index is -0.545. The molecule has 9 nitrogen and oxygen atoms in total. The minimum Gasteiger partial charge on any atom is -0.497 e. The van der Waals surface area contributed by atoms with Crippen molar-refractivity contribution in [2.24, 2.45) is 0 Å². The molecule has 0 aliphatic carbocycles. The number of carbonyl (C=O) groups excluding carboxylic acids is 2. The third kappa shape index (κ3) is 5.19. The molecule has 1 fully saturated rings. The van der Waals surface area contributed by atoms with Crippen LogP contribution in [0.25, 0.3) is 11.3 Å². The molecule has 2 amide bonds. The summed E-state index contributed by atoms with van der Waals surface area (Å²) in [5, 5.41) is 6.94. The number of rotatable bonds is 8. The van der Waals surface area contributed by atoms with Gasteiger partial charge >= 0.3 is 0 Å². The molecule has 0 unspecified atom stereocenters. The van der Waals surface area contributed by atoms with E-state index in [1.54, 1.807) is 49.6 Å². The average molecular weight is 465 g/mol. The normalized spacial score (nSPS) is 15.6. The number of carbonyl (C=O) groups is 2. The molecule has 0 spiro atoms. The maximum atomic E-state index is 13.3. The first-order chi connectivity index (χ1) is 16.6. The van der Waals surface area contributed by atoms with Crippen molar-refractivity contribution in [2.75, 3.05) is 27.3 Å². The van der Waals surface area contributed by atoms with E-state index in [0.717, 1.165) is 18.5 Å². The summed E-state index contributed by atoms with van der Waals surface area (Å²) in [4.78, 5) is 32.1. The van der Waals surface area contributed by atoms with Gasteiger partial charge in [0.15, 0.2) is 11.5 Å². The van der Waals surface area contributed by atoms with Gasteiger partial charge in [-0.1, -0.05) is 11.2 Å². The summed E-state index contributed by atoms with van der Waals surface area (Å²) in [6.07, 6.45) is 4.68. The van der Waals surface area contributed by atoms with Crippen LogP contribution in [-0.4, -0.2) is 60.2 Å². The van der Waals surface area contributed by atoms with Crippen LogP contribution < -0.4 is 14.8 Å². The highest BCUT2D eigenvalue weighted by Crippen LogP contribution is 2.34. The third-order valence-corrected chi connectivity index (χ3v) is 5.87. The second kappa shape index (κ2) is 10.8. The Morgan fingerprint density at radius 3 is 2.79 bits per heavy atom. The van der Waals surface area contributed by atoms with Gasteiger partial charge in [0.05, 0.1) is 19.8 Å². The largest absolute Gasteiger partial charge is 0.497 e. The molecule has 1 N–H and O–H groups in total. The van der Waals surface area contributed by atoms with Crippen LogP contribution in [0.5, 0.6) is 11.5 Å². The van der Waals surface area contributed by atoms with E-state index in [0.29, 0.717) is 48.8 Å². The van der Waals surface area contributed by atoms with E-state index < -0.39 is 6.04 Å². The number of hydrogen-bond donors (Lipinski definition) is 1. The topological polar surface area (TPSA) is 107 Å². The molecule has 34 heavy (non-hydrogen) atoms. The van der Waals surface area contributed by atoms with E-state index in [9.17, 15) is 9.59 Å². The number of nitrogens with one attached hydrogen (secondary N) is 1. The number of hydrogen-bond acceptors (Lipinski definition) is 7. The van der Waals surface area contributed by atoms with Gasteiger partial charge in [-0.25, -0.2) is 0 Å². The molecule has 4 rings (SSSR count). The first kappa shape index (κ1) is 23.3. The zero-order chi connectivity index (χ0) is 23.9. The van der Waals surface area contributed by atoms with Crippen LogP contribution in [0.2, 0.25) is 0 Å². The highest BCUT2D eigenvalue weighted by molar-refractivity contribution is 5.97. The number of methoxy groups -OCH3 is 2. The lowest BCUT2D eigenvalue weighted by Gasteiger charge is -2.34. The van der Waals surface area contributed by atoms with Gasteiger partial charge in [0.2, 0.25) is 5.91 Å². The lowest BCUT2D eigenvalue weighted by Crippen LogP contribution is -2.52. The Labute approximate surface area is 198 Å². The summed E-state index contributed by atoms with van der Waals surface area (Å²) in [5.74, 6) is 1.08. The number of likely N-dealkylation sites (tertiary alicyclic amines) is 1. The van der Waals surface area contributed by atoms with Crippen molar-refractivity contribution >= 4 is 11.8 Å². The monoisotopic (exact) mass is 464 g/mol. The van der Waals surface area contributed by atoms with Crippen LogP contribution in [0.15, 0.2) is 53.2 Å². The van der Waals surface area contributed by atoms with E-state index in [4.69, 9.17) is 14.0 Å². The van der Waals surface area contributed by atoms with E-state index in [1.807, 2.05) is 18.2 Å². The van der Waals surface area contributed by atoms with Crippen molar-refractivity contribution in [3.05, 3.63) is 60.0 Å². The first-order valence-electron chi connectivity index (χ1n) is 11.3. The van der Waals surface area contributed by atoms with Crippen LogP contribution in [0.1, 0.15) is 35.4 Å². The lowest BCUT2D eigenvalue weighted by atomic mass is 10.0. The second-order valence-electron chi connectivity index (χ2n) is 8.01. The fourth-order valence-corrected chi connectivity index (χ4v) is 4.08. The number of piperidine rings is 1. The van der Waals surface area contributed by atoms with Crippen LogP contribution in [0.4, 0.5) is 0 Å². The van der Waals surface area contributed by atoms with Gasteiger partial charge in [0, 0.05) is 37.5 Å². The molecule has 1 aliphatic rings. The SMILES string of the molecule is COc1ccc(OC)c(-c2cc(C(=O)N3CCCC[C@@H]3C(=O)NCCc3ccccn3)no2)c1. The Kier molecular flexibility index (Phi) is 7.41. The smallest absolute Gasteiger partial charge is 0.276 e. The Morgan fingerprint density at radius 2 is 2.03 bits per heavy atom. The van der Waals surface area contributed by atoms with Crippen LogP contribution in [-0.2, 0) is 11.2 Å². The number of nitrogens with zero attached hydrogens (tertiary/aromatic N) is 3. The third-order valence-electron chi connectivity index (χ3n) is 5.87. The van der Waals surface area contributed by atoms with Gasteiger partial charge in [-0.2, -0.15) is 0 Å². The molecule has 0 radical (unpaired) electrons. The maximum absolute atomic E-state index is 13.3. The number of aromatic nitrogens is 2. The predicted molar refractivity (Wildman–Crippen MR) is 125 cm³/mol. The molecule has 3 aromatic rings. The van der Waals surface area contributed by atoms with Gasteiger partial charge in [0.25, 0.3) is 5.91 Å². The number of ether oxygens (including phenoxy) is 2. The van der Waals surface area contributed by atoms with E-state index in [-0.39, 0.29) is 17.5 Å². The highest BCUT2D eigenvalue weighted by Gasteiger charge is 2.34. The van der Waals surface area contributed by atoms with Crippen molar-refractivity contribution < 1.29 is 23.6 Å². The fraction of sp³-hybridized carbons (Fsp3) is 0.360. The molecule has 0 bridgehead atoms. The quantitative estimate of drug-likeness (QED) is 0.546. The Hall–Kier alpha value is -3.88. The first-order valence-corrected chi connectivity index (χ1v) is 11.3. The molecular formula is C25H28N4O5. The van der Waals surface area contributed by atoms with E-state index >= 15 is 0 Å². The van der Waals surface area contributed by atoms with Crippen molar-refractivity contribution in [1.29, 1.82) is 0 Å². The van der Waals surface area contributed by atoms with Crippen molar-refractivity contribution in [3.8, 4) is 22.8 Å². The van der Waals surface area contributed by atoms with E-state index in [1.165, 1.54) is 0 Å². The molecule has 1 atom stereocenters. The predicted octanol–water partition coefficient (Wildman–Crippen LogP) is 3.11. The molecule has 1 aromatic carbocycles. The molecule has 9 heteroatoms. The van der Waals surface area contributed by atoms with E-state index in [2.05, 4.69) is 15.5 Å². The summed E-state index contributed by atoms with van der Waals surface area (Å²) in [7, 11) is 3.12. The van der Waals surface area contributed by atoms with Gasteiger partial charge in [0.1, 0.15) is 17.5 Å². The van der Waals surface area contributed by atoms with Crippen LogP contribution in [0, 0.1) is 0 Å². The zero-order valence-electron chi connectivity index (χ0n) is 19.3. The molecule has 3 heterocycles. The molecular weight excluding hydrogens is 436 g/mol. The molecule has 2 aromatic heterocycles. The molecule has 1 saturated heterocycles. The molecule has 0 saturated carbocycles. The Bertz CT molecular complexity index is 1130. The highest BCUT2D eigenvalue weighted by atomic mass is 16.5. The van der Waals surface area contributed by atoms with Gasteiger partial charge in [-0.3, -0.25) is 14.6 Å². The summed E-state index contributed by atoms with van der Waals surface area (Å²) < 4.78 is 16.2. The van der Waals surface area contributed by atoms with Gasteiger partial charge in [-0.15, -0.1) is 0 Å². The summed E-state index contributed by atoms with van der Waals surface area (Å²) in [6.45, 7) is 0.944. The number of amides is 2. The van der Waals surface area contributed by atoms with Gasteiger partial charge < -0.3 is 24.2 Å². The average Bonchev–Trinajstić information content (AvgIpc) is 3.38. The Morgan fingerprint density at radius 1 is 1.15 bits per heavy atom. The fourth-order valence-electron chi connectivity index (χ4n) is 4.08. The van der Waals surface area contributed by atoms with Crippen LogP contribution >= 0.6 is 0 Å². The second-order valence-corrected chi connectivity index (χ2v) is 8.01. The number of pyridine rings is 1. The molecule has 1 aliphatic heterocycles.